The van der Waals surface area contributed by atoms with E-state index in [0.717, 1.165) is 24.3 Å². The van der Waals surface area contributed by atoms with Crippen LogP contribution in [0.4, 0.5) is 8.78 Å². The number of benzene rings is 2. The Hall–Kier alpha value is -4.08. The summed E-state index contributed by atoms with van der Waals surface area (Å²) >= 11 is 0. The Balaban J connectivity index is 1.62. The van der Waals surface area contributed by atoms with Gasteiger partial charge >= 0.3 is 11.9 Å². The highest BCUT2D eigenvalue weighted by atomic mass is 19.1. The molecule has 2 aromatic carbocycles. The number of hydrogen-bond donors (Lipinski definition) is 2. The molecule has 330 valence electrons. The van der Waals surface area contributed by atoms with E-state index in [1.54, 1.807) is 26.0 Å². The zero-order valence-electron chi connectivity index (χ0n) is 36.7. The zero-order valence-corrected chi connectivity index (χ0v) is 36.7. The first-order chi connectivity index (χ1) is 28.8. The van der Waals surface area contributed by atoms with Crippen molar-refractivity contribution in [3.63, 3.8) is 0 Å². The molecule has 4 rings (SSSR count). The number of aliphatic hydroxyl groups excluding tert-OH is 2. The van der Waals surface area contributed by atoms with Crippen molar-refractivity contribution in [1.29, 1.82) is 0 Å². The second-order valence-electron chi connectivity index (χ2n) is 17.3. The van der Waals surface area contributed by atoms with Gasteiger partial charge in [0.05, 0.1) is 38.6 Å². The lowest BCUT2D eigenvalue weighted by Crippen LogP contribution is -2.31. The first kappa shape index (κ1) is 48.6. The molecule has 2 aliphatic rings. The Labute approximate surface area is 358 Å². The van der Waals surface area contributed by atoms with Crippen molar-refractivity contribution in [3.8, 4) is 16.9 Å². The first-order valence-electron chi connectivity index (χ1n) is 22.4. The van der Waals surface area contributed by atoms with Crippen molar-refractivity contribution in [1.82, 2.24) is 0 Å². The predicted octanol–water partition coefficient (Wildman–Crippen LogP) is 11.6. The molecule has 1 atom stereocenters. The van der Waals surface area contributed by atoms with E-state index in [-0.39, 0.29) is 49.7 Å². The molecule has 2 N–H and O–H groups in total. The average molecular weight is 833 g/mol. The van der Waals surface area contributed by atoms with E-state index in [4.69, 9.17) is 14.2 Å². The summed E-state index contributed by atoms with van der Waals surface area (Å²) in [4.78, 5) is 24.3. The van der Waals surface area contributed by atoms with Crippen molar-refractivity contribution < 1.29 is 42.8 Å². The fraction of sp³-hybridized carbons (Fsp3) is 0.569. The number of rotatable bonds is 25. The third kappa shape index (κ3) is 14.0. The minimum absolute atomic E-state index is 0.0946. The van der Waals surface area contributed by atoms with Crippen LogP contribution in [0.3, 0.4) is 0 Å². The number of carbonyl (C=O) groups excluding carboxylic acids is 2. The van der Waals surface area contributed by atoms with E-state index in [9.17, 15) is 19.8 Å². The zero-order chi connectivity index (χ0) is 43.7. The molecular formula is C51H70F2O7. The van der Waals surface area contributed by atoms with Crippen molar-refractivity contribution in [2.45, 2.75) is 130 Å². The van der Waals surface area contributed by atoms with E-state index in [2.05, 4.69) is 32.2 Å². The molecule has 0 radical (unpaired) electrons. The van der Waals surface area contributed by atoms with E-state index in [1.807, 2.05) is 13.0 Å². The van der Waals surface area contributed by atoms with Crippen LogP contribution in [0.2, 0.25) is 0 Å². The van der Waals surface area contributed by atoms with Gasteiger partial charge in [-0.2, -0.15) is 0 Å². The third-order valence-corrected chi connectivity index (χ3v) is 12.4. The number of unbranched alkanes of at least 4 members (excludes halogenated alkanes) is 2. The second kappa shape index (κ2) is 24.4. The van der Waals surface area contributed by atoms with Gasteiger partial charge in [0.1, 0.15) is 17.4 Å². The molecule has 0 spiro atoms. The van der Waals surface area contributed by atoms with Gasteiger partial charge in [-0.25, -0.2) is 18.4 Å². The van der Waals surface area contributed by atoms with Gasteiger partial charge < -0.3 is 24.4 Å². The largest absolute Gasteiger partial charge is 0.493 e. The van der Waals surface area contributed by atoms with Gasteiger partial charge in [0.25, 0.3) is 0 Å². The summed E-state index contributed by atoms with van der Waals surface area (Å²) in [6, 6.07) is 6.26. The summed E-state index contributed by atoms with van der Waals surface area (Å²) in [5.74, 6) is 0.0601. The van der Waals surface area contributed by atoms with Gasteiger partial charge in [0.15, 0.2) is 0 Å². The number of aryl methyl sites for hydroxylation is 2. The van der Waals surface area contributed by atoms with Crippen LogP contribution in [-0.4, -0.2) is 55.2 Å². The molecule has 1 fully saturated rings. The summed E-state index contributed by atoms with van der Waals surface area (Å²) in [7, 11) is 0. The summed E-state index contributed by atoms with van der Waals surface area (Å²) in [6.45, 7) is 14.6. The van der Waals surface area contributed by atoms with E-state index in [0.29, 0.717) is 78.4 Å². The van der Waals surface area contributed by atoms with Crippen molar-refractivity contribution in [2.24, 2.45) is 23.2 Å². The van der Waals surface area contributed by atoms with Crippen molar-refractivity contribution >= 4 is 17.5 Å². The lowest BCUT2D eigenvalue weighted by molar-refractivity contribution is -0.139. The molecule has 1 saturated carbocycles. The highest BCUT2D eigenvalue weighted by molar-refractivity contribution is 5.87. The number of halogens is 2. The normalized spacial score (nSPS) is 17.9. The van der Waals surface area contributed by atoms with E-state index in [1.165, 1.54) is 63.5 Å². The summed E-state index contributed by atoms with van der Waals surface area (Å²) in [5.41, 5.74) is 2.62. The van der Waals surface area contributed by atoms with Crippen LogP contribution in [0.1, 0.15) is 134 Å². The molecule has 0 saturated heterocycles. The maximum Gasteiger partial charge on any atom is 0.333 e. The number of hydrogen-bond acceptors (Lipinski definition) is 7. The standard InChI is InChI=1S/C51H70F2O7/c1-7-9-10-13-37-16-18-38(19-17-37)39-20-22-40(23-21-39)43-31-45(52)47(46(53)32-43)44-29-41(14-11-26-59-49(56)35(3)4)48(58-28-25-51(33-54,34-55)24-8-2)42(30-44)15-12-27-60-50(57)36(5)6/h20,22-23,29-32,37-39,54-55H,3,5,7-19,21,24-28,33-34H2,1-2,4,6H3. The molecule has 0 heterocycles. The first-order valence-corrected chi connectivity index (χ1v) is 22.4. The molecule has 0 bridgehead atoms. The highest BCUT2D eigenvalue weighted by Crippen LogP contribution is 2.41. The maximum absolute atomic E-state index is 16.4. The van der Waals surface area contributed by atoms with Crippen molar-refractivity contribution in [3.05, 3.63) is 95.1 Å². The van der Waals surface area contributed by atoms with Gasteiger partial charge in [0.2, 0.25) is 0 Å². The average Bonchev–Trinajstić information content (AvgIpc) is 3.24. The fourth-order valence-electron chi connectivity index (χ4n) is 8.75. The molecule has 2 aromatic rings. The Kier molecular flexibility index (Phi) is 19.7. The van der Waals surface area contributed by atoms with Gasteiger partial charge in [-0.3, -0.25) is 0 Å². The topological polar surface area (TPSA) is 102 Å². The minimum Gasteiger partial charge on any atom is -0.493 e. The SMILES string of the molecule is C=C(C)C(=O)OCCCc1cc(-c2c(F)cc(C3=CCC(C4CCC(CCCCC)CC4)C=C3)cc2F)cc(CCCOC(=O)C(=C)C)c1OCCC(CO)(CO)CCC. The lowest BCUT2D eigenvalue weighted by atomic mass is 9.72. The van der Waals surface area contributed by atoms with Crippen molar-refractivity contribution in [2.75, 3.05) is 33.0 Å². The highest BCUT2D eigenvalue weighted by Gasteiger charge is 2.29. The Morgan fingerprint density at radius 3 is 1.83 bits per heavy atom. The number of carbonyl (C=O) groups is 2. The Morgan fingerprint density at radius 2 is 1.35 bits per heavy atom. The van der Waals surface area contributed by atoms with Gasteiger partial charge in [0, 0.05) is 16.6 Å². The van der Waals surface area contributed by atoms with Gasteiger partial charge in [-0.05, 0) is 141 Å². The molecule has 7 nitrogen and oxygen atoms in total. The summed E-state index contributed by atoms with van der Waals surface area (Å²) in [5, 5.41) is 20.4. The molecule has 1 unspecified atom stereocenters. The van der Waals surface area contributed by atoms with E-state index < -0.39 is 29.0 Å². The lowest BCUT2D eigenvalue weighted by Gasteiger charge is -2.33. The third-order valence-electron chi connectivity index (χ3n) is 12.4. The molecule has 9 heteroatoms. The fourth-order valence-corrected chi connectivity index (χ4v) is 8.75. The summed E-state index contributed by atoms with van der Waals surface area (Å²) in [6.07, 6.45) is 20.8. The molecule has 2 aliphatic carbocycles. The Bertz CT molecular complexity index is 1740. The number of allylic oxidation sites excluding steroid dienone is 4. The molecule has 60 heavy (non-hydrogen) atoms. The summed E-state index contributed by atoms with van der Waals surface area (Å²) < 4.78 is 49.9. The van der Waals surface area contributed by atoms with Crippen LogP contribution in [-0.2, 0) is 31.9 Å². The van der Waals surface area contributed by atoms with Gasteiger partial charge in [-0.15, -0.1) is 0 Å². The maximum atomic E-state index is 16.4. The minimum atomic E-state index is -0.729. The second-order valence-corrected chi connectivity index (χ2v) is 17.3. The monoisotopic (exact) mass is 833 g/mol. The molecule has 0 aliphatic heterocycles. The molecule has 0 amide bonds. The smallest absolute Gasteiger partial charge is 0.333 e. The van der Waals surface area contributed by atoms with Crippen LogP contribution in [0.25, 0.3) is 16.7 Å². The van der Waals surface area contributed by atoms with Crippen LogP contribution < -0.4 is 4.74 Å². The quantitative estimate of drug-likeness (QED) is 0.0583. The predicted molar refractivity (Wildman–Crippen MR) is 236 cm³/mol. The Morgan fingerprint density at radius 1 is 0.767 bits per heavy atom. The number of aliphatic hydroxyl groups is 2. The van der Waals surface area contributed by atoms with E-state index >= 15 is 8.78 Å². The molecular weight excluding hydrogens is 763 g/mol. The number of esters is 2. The molecule has 0 aromatic heterocycles. The van der Waals surface area contributed by atoms with Gasteiger partial charge in [-0.1, -0.05) is 90.2 Å². The van der Waals surface area contributed by atoms with Crippen LogP contribution in [0, 0.1) is 34.8 Å². The van der Waals surface area contributed by atoms with Crippen LogP contribution in [0.5, 0.6) is 5.75 Å². The van der Waals surface area contributed by atoms with Crippen LogP contribution in [0.15, 0.2) is 66.8 Å². The number of ether oxygens (including phenoxy) is 3. The van der Waals surface area contributed by atoms with Crippen LogP contribution >= 0.6 is 0 Å².